The Balaban J connectivity index is 1.29. The molecule has 1 fully saturated rings. The largest absolute Gasteiger partial charge is 0.573 e. The van der Waals surface area contributed by atoms with E-state index in [-0.39, 0.29) is 29.6 Å². The molecule has 2 aromatic heterocycles. The summed E-state index contributed by atoms with van der Waals surface area (Å²) in [5.41, 5.74) is 5.82. The molecule has 5 aromatic rings. The number of aryl methyl sites for hydroxylation is 1. The smallest absolute Gasteiger partial charge is 0.487 e. The summed E-state index contributed by atoms with van der Waals surface area (Å²) in [6.45, 7) is 6.10. The molecule has 1 aliphatic carbocycles. The van der Waals surface area contributed by atoms with Gasteiger partial charge in [0.2, 0.25) is 0 Å². The quantitative estimate of drug-likeness (QED) is 0.187. The molecule has 0 atom stereocenters. The first-order chi connectivity index (χ1) is 20.5. The van der Waals surface area contributed by atoms with Crippen LogP contribution in [0.1, 0.15) is 65.8 Å². The fourth-order valence-electron chi connectivity index (χ4n) is 5.53. The molecule has 0 unspecified atom stereocenters. The van der Waals surface area contributed by atoms with Crippen LogP contribution in [0, 0.1) is 6.92 Å². The monoisotopic (exact) mass is 589 g/mol. The van der Waals surface area contributed by atoms with Crippen LogP contribution in [0.15, 0.2) is 73.1 Å². The lowest BCUT2D eigenvalue weighted by Gasteiger charge is -2.16. The van der Waals surface area contributed by atoms with Gasteiger partial charge in [0.15, 0.2) is 5.75 Å². The average Bonchev–Trinajstić information content (AvgIpc) is 3.58. The molecule has 0 radical (unpaired) electrons. The first-order valence-electron chi connectivity index (χ1n) is 14.0. The number of benzene rings is 3. The van der Waals surface area contributed by atoms with E-state index in [0.717, 1.165) is 40.6 Å². The third-order valence-electron chi connectivity index (χ3n) is 7.74. The van der Waals surface area contributed by atoms with Crippen molar-refractivity contribution < 1.29 is 32.5 Å². The molecule has 1 saturated carbocycles. The van der Waals surface area contributed by atoms with Crippen LogP contribution < -0.4 is 9.47 Å². The molecule has 0 amide bonds. The number of halogens is 3. The summed E-state index contributed by atoms with van der Waals surface area (Å²) in [7, 11) is 0. The molecule has 0 aliphatic heterocycles. The van der Waals surface area contributed by atoms with Crippen molar-refractivity contribution in [1.29, 1.82) is 0 Å². The number of nitrogens with zero attached hydrogens (tertiary/aromatic N) is 3. The molecule has 1 N–H and O–H groups in total. The van der Waals surface area contributed by atoms with E-state index < -0.39 is 12.3 Å². The molecule has 222 valence electrons. The summed E-state index contributed by atoms with van der Waals surface area (Å²) in [6, 6.07) is 17.5. The van der Waals surface area contributed by atoms with Crippen molar-refractivity contribution >= 4 is 16.9 Å². The first kappa shape index (κ1) is 28.4. The topological polar surface area (TPSA) is 78.5 Å². The number of carboxylic acids is 1. The molecule has 3 aromatic carbocycles. The van der Waals surface area contributed by atoms with Crippen molar-refractivity contribution in [2.24, 2.45) is 0 Å². The van der Waals surface area contributed by atoms with Gasteiger partial charge in [-0.05, 0) is 86.6 Å². The highest BCUT2D eigenvalue weighted by atomic mass is 19.4. The maximum atomic E-state index is 13.1. The van der Waals surface area contributed by atoms with Crippen molar-refractivity contribution in [1.82, 2.24) is 14.3 Å². The molecule has 6 rings (SSSR count). The van der Waals surface area contributed by atoms with Gasteiger partial charge in [-0.15, -0.1) is 13.2 Å². The van der Waals surface area contributed by atoms with Crippen LogP contribution >= 0.6 is 0 Å². The van der Waals surface area contributed by atoms with Crippen LogP contribution in [-0.4, -0.2) is 31.8 Å². The normalized spacial score (nSPS) is 13.6. The van der Waals surface area contributed by atoms with E-state index in [1.807, 2.05) is 61.7 Å². The molecule has 0 spiro atoms. The number of fused-ring (bicyclic) bond motifs is 1. The van der Waals surface area contributed by atoms with Gasteiger partial charge in [-0.2, -0.15) is 5.10 Å². The zero-order valence-electron chi connectivity index (χ0n) is 23.9. The molecule has 0 bridgehead atoms. The number of para-hydroxylation sites is 2. The molecule has 2 heterocycles. The maximum absolute atomic E-state index is 13.1. The van der Waals surface area contributed by atoms with Crippen molar-refractivity contribution in [3.63, 3.8) is 0 Å². The number of carboxylic acid groups (broad SMARTS) is 1. The van der Waals surface area contributed by atoms with Crippen LogP contribution in [0.5, 0.6) is 11.5 Å². The van der Waals surface area contributed by atoms with E-state index in [2.05, 4.69) is 9.84 Å². The molecular weight excluding hydrogens is 559 g/mol. The summed E-state index contributed by atoms with van der Waals surface area (Å²) in [5.74, 6) is -0.390. The second-order valence-electron chi connectivity index (χ2n) is 11.1. The van der Waals surface area contributed by atoms with Crippen molar-refractivity contribution in [3.8, 4) is 28.3 Å². The Morgan fingerprint density at radius 1 is 1.09 bits per heavy atom. The summed E-state index contributed by atoms with van der Waals surface area (Å²) in [4.78, 5) is 11.8. The molecule has 1 aliphatic rings. The lowest BCUT2D eigenvalue weighted by molar-refractivity contribution is -0.274. The lowest BCUT2D eigenvalue weighted by atomic mass is 9.99. The predicted octanol–water partition coefficient (Wildman–Crippen LogP) is 8.44. The van der Waals surface area contributed by atoms with E-state index in [9.17, 15) is 23.1 Å². The van der Waals surface area contributed by atoms with E-state index >= 15 is 0 Å². The fraction of sp³-hybridized carbons (Fsp3) is 0.273. The molecule has 43 heavy (non-hydrogen) atoms. The second-order valence-corrected chi connectivity index (χ2v) is 11.1. The fourth-order valence-corrected chi connectivity index (χ4v) is 5.53. The zero-order valence-corrected chi connectivity index (χ0v) is 23.9. The summed E-state index contributed by atoms with van der Waals surface area (Å²) in [5, 5.41) is 14.8. The Kier molecular flexibility index (Phi) is 7.15. The summed E-state index contributed by atoms with van der Waals surface area (Å²) >= 11 is 0. The average molecular weight is 590 g/mol. The van der Waals surface area contributed by atoms with Gasteiger partial charge in [0.05, 0.1) is 17.5 Å². The van der Waals surface area contributed by atoms with Crippen LogP contribution in [0.25, 0.3) is 27.7 Å². The number of aromatic nitrogens is 3. The van der Waals surface area contributed by atoms with Crippen LogP contribution in [0.2, 0.25) is 0 Å². The van der Waals surface area contributed by atoms with Gasteiger partial charge in [-0.1, -0.05) is 30.3 Å². The number of aromatic carboxylic acids is 1. The Hall–Kier alpha value is -4.73. The Bertz CT molecular complexity index is 1830. The highest BCUT2D eigenvalue weighted by Gasteiger charge is 2.34. The van der Waals surface area contributed by atoms with Gasteiger partial charge < -0.3 is 19.1 Å². The molecule has 7 nitrogen and oxygen atoms in total. The van der Waals surface area contributed by atoms with Crippen LogP contribution in [0.4, 0.5) is 13.2 Å². The Morgan fingerprint density at radius 2 is 1.86 bits per heavy atom. The number of hydrogen-bond donors (Lipinski definition) is 1. The zero-order chi connectivity index (χ0) is 30.5. The van der Waals surface area contributed by atoms with Crippen LogP contribution in [-0.2, 0) is 6.61 Å². The minimum absolute atomic E-state index is 0.0867. The highest BCUT2D eigenvalue weighted by molar-refractivity contribution is 6.04. The van der Waals surface area contributed by atoms with E-state index in [1.54, 1.807) is 24.5 Å². The minimum atomic E-state index is -4.83. The Labute approximate surface area is 246 Å². The lowest BCUT2D eigenvalue weighted by Crippen LogP contribution is -2.19. The van der Waals surface area contributed by atoms with Gasteiger partial charge in [-0.25, -0.2) is 9.48 Å². The maximum Gasteiger partial charge on any atom is 0.573 e. The summed E-state index contributed by atoms with van der Waals surface area (Å²) < 4.78 is 53.2. The number of alkyl halides is 3. The standard InChI is InChI=1S/C33H30F3N3O4/c1-19(2)38-17-27(32(40)41)25-12-10-22(15-29(25)38)24-13-11-23(14-20(24)3)42-18-30-26(21-8-9-21)16-37-39(30)28-6-4-5-7-31(28)43-33(34,35)36/h4-7,10-17,19,21H,8-9,18H2,1-3H3,(H,40,41). The first-order valence-corrected chi connectivity index (χ1v) is 14.0. The Morgan fingerprint density at radius 3 is 2.53 bits per heavy atom. The van der Waals surface area contributed by atoms with Crippen molar-refractivity contribution in [3.05, 3.63) is 95.4 Å². The summed E-state index contributed by atoms with van der Waals surface area (Å²) in [6.07, 6.45) is 0.532. The predicted molar refractivity (Wildman–Crippen MR) is 156 cm³/mol. The van der Waals surface area contributed by atoms with Crippen LogP contribution in [0.3, 0.4) is 0 Å². The minimum Gasteiger partial charge on any atom is -0.487 e. The van der Waals surface area contributed by atoms with E-state index in [1.165, 1.54) is 16.8 Å². The van der Waals surface area contributed by atoms with Gasteiger partial charge in [0, 0.05) is 28.7 Å². The molecule has 10 heteroatoms. The highest BCUT2D eigenvalue weighted by Crippen LogP contribution is 2.43. The number of hydrogen-bond acceptors (Lipinski definition) is 4. The van der Waals surface area contributed by atoms with E-state index in [0.29, 0.717) is 22.7 Å². The third-order valence-corrected chi connectivity index (χ3v) is 7.74. The SMILES string of the molecule is Cc1cc(OCc2c(C3CC3)cnn2-c2ccccc2OC(F)(F)F)ccc1-c1ccc2c(C(=O)O)cn(C(C)C)c2c1. The van der Waals surface area contributed by atoms with Gasteiger partial charge in [0.1, 0.15) is 18.0 Å². The van der Waals surface area contributed by atoms with Gasteiger partial charge >= 0.3 is 12.3 Å². The number of ether oxygens (including phenoxy) is 2. The van der Waals surface area contributed by atoms with Crippen molar-refractivity contribution in [2.75, 3.05) is 0 Å². The van der Waals surface area contributed by atoms with E-state index in [4.69, 9.17) is 4.74 Å². The third kappa shape index (κ3) is 5.69. The van der Waals surface area contributed by atoms with Crippen molar-refractivity contribution in [2.45, 2.75) is 58.5 Å². The van der Waals surface area contributed by atoms with Gasteiger partial charge in [-0.3, -0.25) is 0 Å². The number of carbonyl (C=O) groups is 1. The molecular formula is C33H30F3N3O4. The second kappa shape index (κ2) is 10.8. The molecule has 0 saturated heterocycles. The number of rotatable bonds is 9. The van der Waals surface area contributed by atoms with Gasteiger partial charge in [0.25, 0.3) is 0 Å².